The number of carbonyl (C=O) groups excluding carboxylic acids is 1. The monoisotopic (exact) mass is 266 g/mol. The highest BCUT2D eigenvalue weighted by Gasteiger charge is 2.20. The second-order valence-electron chi connectivity index (χ2n) is 6.33. The Morgan fingerprint density at radius 3 is 2.42 bits per heavy atom. The summed E-state index contributed by atoms with van der Waals surface area (Å²) >= 11 is 0. The molecular weight excluding hydrogens is 236 g/mol. The van der Waals surface area contributed by atoms with Gasteiger partial charge in [0, 0.05) is 32.1 Å². The molecule has 1 saturated heterocycles. The first-order valence-corrected chi connectivity index (χ1v) is 8.28. The lowest BCUT2D eigenvalue weighted by molar-refractivity contribution is -0.132. The van der Waals surface area contributed by atoms with Crippen molar-refractivity contribution in [2.24, 2.45) is 5.92 Å². The zero-order valence-electron chi connectivity index (χ0n) is 12.5. The molecule has 2 aliphatic rings. The third kappa shape index (κ3) is 4.79. The minimum Gasteiger partial charge on any atom is -0.343 e. The Hall–Kier alpha value is -0.570. The summed E-state index contributed by atoms with van der Waals surface area (Å²) in [5.74, 6) is 1.18. The average molecular weight is 266 g/mol. The molecule has 3 nitrogen and oxygen atoms in total. The maximum Gasteiger partial charge on any atom is 0.223 e. The van der Waals surface area contributed by atoms with Gasteiger partial charge in [0.1, 0.15) is 0 Å². The van der Waals surface area contributed by atoms with Crippen molar-refractivity contribution in [3.05, 3.63) is 0 Å². The molecule has 2 fully saturated rings. The molecule has 2 rings (SSSR count). The van der Waals surface area contributed by atoms with Crippen LogP contribution in [-0.4, -0.2) is 36.5 Å². The van der Waals surface area contributed by atoms with Gasteiger partial charge in [0.15, 0.2) is 0 Å². The molecule has 0 spiro atoms. The van der Waals surface area contributed by atoms with Crippen molar-refractivity contribution in [3.8, 4) is 0 Å². The first-order chi connectivity index (χ1) is 9.27. The number of hydrogen-bond acceptors (Lipinski definition) is 2. The molecule has 3 heteroatoms. The van der Waals surface area contributed by atoms with Crippen LogP contribution in [0, 0.1) is 5.92 Å². The van der Waals surface area contributed by atoms with Crippen LogP contribution in [0.4, 0.5) is 0 Å². The predicted octanol–water partition coefficient (Wildman–Crippen LogP) is 2.95. The van der Waals surface area contributed by atoms with Crippen LogP contribution in [-0.2, 0) is 4.79 Å². The Balaban J connectivity index is 1.60. The molecule has 1 aliphatic carbocycles. The van der Waals surface area contributed by atoms with Gasteiger partial charge in [0.2, 0.25) is 5.91 Å². The third-order valence-corrected chi connectivity index (χ3v) is 4.87. The third-order valence-electron chi connectivity index (χ3n) is 4.87. The maximum absolute atomic E-state index is 12.0. The minimum absolute atomic E-state index is 0.350. The normalized spacial score (nSPS) is 23.3. The second-order valence-corrected chi connectivity index (χ2v) is 6.33. The Bertz CT molecular complexity index is 268. The van der Waals surface area contributed by atoms with E-state index in [0.717, 1.165) is 25.6 Å². The molecule has 0 aromatic carbocycles. The van der Waals surface area contributed by atoms with Crippen molar-refractivity contribution in [3.63, 3.8) is 0 Å². The molecule has 110 valence electrons. The van der Waals surface area contributed by atoms with Crippen molar-refractivity contribution < 1.29 is 4.79 Å². The average Bonchev–Trinajstić information content (AvgIpc) is 2.49. The van der Waals surface area contributed by atoms with Gasteiger partial charge in [-0.25, -0.2) is 0 Å². The largest absolute Gasteiger partial charge is 0.343 e. The van der Waals surface area contributed by atoms with Crippen LogP contribution in [0.1, 0.15) is 64.7 Å². The maximum atomic E-state index is 12.0. The van der Waals surface area contributed by atoms with Crippen LogP contribution in [0.2, 0.25) is 0 Å². The number of carbonyl (C=O) groups is 1. The van der Waals surface area contributed by atoms with Crippen LogP contribution >= 0.6 is 0 Å². The molecule has 1 unspecified atom stereocenters. The number of rotatable bonds is 5. The number of amides is 1. The summed E-state index contributed by atoms with van der Waals surface area (Å²) in [7, 11) is 0. The van der Waals surface area contributed by atoms with E-state index in [1.165, 1.54) is 51.4 Å². The summed E-state index contributed by atoms with van der Waals surface area (Å²) in [4.78, 5) is 14.1. The van der Waals surface area contributed by atoms with Crippen LogP contribution < -0.4 is 5.32 Å². The van der Waals surface area contributed by atoms with E-state index >= 15 is 0 Å². The van der Waals surface area contributed by atoms with Gasteiger partial charge in [0.25, 0.3) is 0 Å². The van der Waals surface area contributed by atoms with Crippen LogP contribution in [0.3, 0.4) is 0 Å². The highest BCUT2D eigenvalue weighted by molar-refractivity contribution is 5.76. The quantitative estimate of drug-likeness (QED) is 0.830. The molecule has 0 radical (unpaired) electrons. The van der Waals surface area contributed by atoms with Gasteiger partial charge >= 0.3 is 0 Å². The van der Waals surface area contributed by atoms with Crippen molar-refractivity contribution in [2.75, 3.05) is 19.6 Å². The number of likely N-dealkylation sites (tertiary alicyclic amines) is 1. The summed E-state index contributed by atoms with van der Waals surface area (Å²) in [6, 6.07) is 0.578. The summed E-state index contributed by atoms with van der Waals surface area (Å²) in [5, 5.41) is 3.57. The fraction of sp³-hybridized carbons (Fsp3) is 0.938. The van der Waals surface area contributed by atoms with Crippen LogP contribution in [0.25, 0.3) is 0 Å². The van der Waals surface area contributed by atoms with Gasteiger partial charge in [-0.3, -0.25) is 4.79 Å². The van der Waals surface area contributed by atoms with E-state index in [4.69, 9.17) is 0 Å². The first kappa shape index (κ1) is 14.8. The summed E-state index contributed by atoms with van der Waals surface area (Å²) in [5.41, 5.74) is 0. The molecule has 1 N–H and O–H groups in total. The Morgan fingerprint density at radius 2 is 1.74 bits per heavy atom. The Kier molecular flexibility index (Phi) is 6.15. The van der Waals surface area contributed by atoms with Gasteiger partial charge in [-0.2, -0.15) is 0 Å². The van der Waals surface area contributed by atoms with Gasteiger partial charge in [-0.15, -0.1) is 0 Å². The fourth-order valence-electron chi connectivity index (χ4n) is 3.51. The van der Waals surface area contributed by atoms with Crippen LogP contribution in [0.15, 0.2) is 0 Å². The molecule has 1 aliphatic heterocycles. The lowest BCUT2D eigenvalue weighted by Crippen LogP contribution is -2.40. The van der Waals surface area contributed by atoms with Gasteiger partial charge < -0.3 is 10.2 Å². The number of piperidine rings is 1. The zero-order valence-corrected chi connectivity index (χ0v) is 12.5. The zero-order chi connectivity index (χ0) is 13.5. The van der Waals surface area contributed by atoms with E-state index in [-0.39, 0.29) is 0 Å². The molecule has 1 atom stereocenters. The molecule has 0 bridgehead atoms. The predicted molar refractivity (Wildman–Crippen MR) is 79.1 cm³/mol. The van der Waals surface area contributed by atoms with E-state index in [9.17, 15) is 4.79 Å². The van der Waals surface area contributed by atoms with E-state index in [1.807, 2.05) is 0 Å². The van der Waals surface area contributed by atoms with Crippen molar-refractivity contribution in [1.82, 2.24) is 10.2 Å². The minimum atomic E-state index is 0.350. The number of nitrogens with one attached hydrogen (secondary N) is 1. The van der Waals surface area contributed by atoms with E-state index in [1.54, 1.807) is 0 Å². The van der Waals surface area contributed by atoms with Gasteiger partial charge in [0.05, 0.1) is 0 Å². The SMILES string of the molecule is CC(NCCC(=O)N1CCCCC1)C1CCCCC1. The summed E-state index contributed by atoms with van der Waals surface area (Å²) < 4.78 is 0. The molecular formula is C16H30N2O. The Labute approximate surface area is 118 Å². The molecule has 1 heterocycles. The second kappa shape index (κ2) is 7.88. The van der Waals surface area contributed by atoms with E-state index < -0.39 is 0 Å². The molecule has 0 aromatic rings. The summed E-state index contributed by atoms with van der Waals surface area (Å²) in [6.07, 6.45) is 11.3. The lowest BCUT2D eigenvalue weighted by atomic mass is 9.84. The molecule has 1 saturated carbocycles. The smallest absolute Gasteiger partial charge is 0.223 e. The van der Waals surface area contributed by atoms with Gasteiger partial charge in [-0.05, 0) is 44.9 Å². The topological polar surface area (TPSA) is 32.3 Å². The van der Waals surface area contributed by atoms with E-state index in [0.29, 0.717) is 18.4 Å². The Morgan fingerprint density at radius 1 is 1.11 bits per heavy atom. The molecule has 0 aromatic heterocycles. The van der Waals surface area contributed by atoms with Gasteiger partial charge in [-0.1, -0.05) is 19.3 Å². The number of nitrogens with zero attached hydrogens (tertiary/aromatic N) is 1. The highest BCUT2D eigenvalue weighted by atomic mass is 16.2. The molecule has 19 heavy (non-hydrogen) atoms. The highest BCUT2D eigenvalue weighted by Crippen LogP contribution is 2.26. The van der Waals surface area contributed by atoms with E-state index in [2.05, 4.69) is 17.1 Å². The van der Waals surface area contributed by atoms with Crippen LogP contribution in [0.5, 0.6) is 0 Å². The lowest BCUT2D eigenvalue weighted by Gasteiger charge is -2.29. The fourth-order valence-corrected chi connectivity index (χ4v) is 3.51. The van der Waals surface area contributed by atoms with Crippen molar-refractivity contribution in [1.29, 1.82) is 0 Å². The summed E-state index contributed by atoms with van der Waals surface area (Å²) in [6.45, 7) is 5.11. The van der Waals surface area contributed by atoms with Crippen molar-refractivity contribution >= 4 is 5.91 Å². The first-order valence-electron chi connectivity index (χ1n) is 8.28. The molecule has 1 amide bonds. The number of hydrogen-bond donors (Lipinski definition) is 1. The standard InChI is InChI=1S/C16H30N2O/c1-14(15-8-4-2-5-9-15)17-11-10-16(19)18-12-6-3-7-13-18/h14-15,17H,2-13H2,1H3. The van der Waals surface area contributed by atoms with Crippen molar-refractivity contribution in [2.45, 2.75) is 70.8 Å².